The summed E-state index contributed by atoms with van der Waals surface area (Å²) in [6, 6.07) is 0. The van der Waals surface area contributed by atoms with Crippen LogP contribution in [0, 0.1) is 0 Å². The van der Waals surface area contributed by atoms with Gasteiger partial charge in [0, 0.05) is 5.25 Å². The quantitative estimate of drug-likeness (QED) is 0.839. The average molecular weight is 229 g/mol. The van der Waals surface area contributed by atoms with Crippen molar-refractivity contribution >= 4 is 11.8 Å². The van der Waals surface area contributed by atoms with Crippen LogP contribution < -0.4 is 5.73 Å². The van der Waals surface area contributed by atoms with Crippen molar-refractivity contribution in [3.63, 3.8) is 0 Å². The molecule has 1 unspecified atom stereocenters. The highest BCUT2D eigenvalue weighted by Gasteiger charge is 2.21. The minimum atomic E-state index is -0.525. The van der Waals surface area contributed by atoms with E-state index < -0.39 is 5.54 Å². The molecular formula is C10H19N3OS. The van der Waals surface area contributed by atoms with Gasteiger partial charge in [-0.05, 0) is 20.3 Å². The number of aromatic nitrogens is 2. The van der Waals surface area contributed by atoms with Crippen LogP contribution in [0.2, 0.25) is 0 Å². The maximum Gasteiger partial charge on any atom is 0.236 e. The second-order valence-corrected chi connectivity index (χ2v) is 5.69. The Morgan fingerprint density at radius 2 is 2.20 bits per heavy atom. The molecule has 1 heterocycles. The van der Waals surface area contributed by atoms with E-state index in [0.29, 0.717) is 17.0 Å². The van der Waals surface area contributed by atoms with Crippen molar-refractivity contribution in [1.29, 1.82) is 0 Å². The molecule has 0 bridgehead atoms. The van der Waals surface area contributed by atoms with E-state index in [0.717, 1.165) is 12.2 Å². The zero-order chi connectivity index (χ0) is 11.5. The van der Waals surface area contributed by atoms with Gasteiger partial charge >= 0.3 is 0 Å². The standard InChI is InChI=1S/C10H19N3OS/c1-5-7(2)15-6-8-12-9(13-14-8)10(3,4)11/h7H,5-6,11H2,1-4H3. The van der Waals surface area contributed by atoms with Gasteiger partial charge in [0.15, 0.2) is 5.82 Å². The summed E-state index contributed by atoms with van der Waals surface area (Å²) in [5.74, 6) is 1.99. The molecule has 0 aliphatic heterocycles. The summed E-state index contributed by atoms with van der Waals surface area (Å²) in [7, 11) is 0. The first-order chi connectivity index (χ1) is 6.93. The van der Waals surface area contributed by atoms with Gasteiger partial charge in [-0.25, -0.2) is 0 Å². The third kappa shape index (κ3) is 3.83. The fraction of sp³-hybridized carbons (Fsp3) is 0.800. The molecule has 1 aromatic heterocycles. The molecular weight excluding hydrogens is 210 g/mol. The van der Waals surface area contributed by atoms with E-state index in [2.05, 4.69) is 24.0 Å². The lowest BCUT2D eigenvalue weighted by Crippen LogP contribution is -2.30. The molecule has 1 aromatic rings. The van der Waals surface area contributed by atoms with Crippen LogP contribution in [-0.2, 0) is 11.3 Å². The van der Waals surface area contributed by atoms with E-state index in [1.165, 1.54) is 0 Å². The molecule has 0 spiro atoms. The summed E-state index contributed by atoms with van der Waals surface area (Å²) >= 11 is 1.82. The number of nitrogens with zero attached hydrogens (tertiary/aromatic N) is 2. The molecule has 86 valence electrons. The fourth-order valence-corrected chi connectivity index (χ4v) is 1.69. The van der Waals surface area contributed by atoms with Crippen molar-refractivity contribution in [3.8, 4) is 0 Å². The van der Waals surface area contributed by atoms with Crippen LogP contribution in [0.1, 0.15) is 45.8 Å². The minimum absolute atomic E-state index is 0.525. The van der Waals surface area contributed by atoms with Crippen molar-refractivity contribution in [2.75, 3.05) is 0 Å². The highest BCUT2D eigenvalue weighted by Crippen LogP contribution is 2.20. The molecule has 4 nitrogen and oxygen atoms in total. The lowest BCUT2D eigenvalue weighted by atomic mass is 10.1. The topological polar surface area (TPSA) is 64.9 Å². The van der Waals surface area contributed by atoms with Gasteiger partial charge in [-0.3, -0.25) is 0 Å². The molecule has 1 atom stereocenters. The van der Waals surface area contributed by atoms with Crippen LogP contribution in [0.4, 0.5) is 0 Å². The largest absolute Gasteiger partial charge is 0.338 e. The molecule has 15 heavy (non-hydrogen) atoms. The minimum Gasteiger partial charge on any atom is -0.338 e. The SMILES string of the molecule is CCC(C)SCc1nc(C(C)(C)N)no1. The molecule has 0 saturated heterocycles. The maximum atomic E-state index is 5.86. The van der Waals surface area contributed by atoms with Gasteiger partial charge in [0.1, 0.15) is 0 Å². The van der Waals surface area contributed by atoms with Crippen LogP contribution in [0.25, 0.3) is 0 Å². The average Bonchev–Trinajstić information content (AvgIpc) is 2.61. The van der Waals surface area contributed by atoms with Gasteiger partial charge in [0.25, 0.3) is 0 Å². The predicted molar refractivity (Wildman–Crippen MR) is 62.6 cm³/mol. The van der Waals surface area contributed by atoms with Gasteiger partial charge in [0.05, 0.1) is 11.3 Å². The monoisotopic (exact) mass is 229 g/mol. The summed E-state index contributed by atoms with van der Waals surface area (Å²) in [6.07, 6.45) is 1.15. The first-order valence-corrected chi connectivity index (χ1v) is 6.22. The Bertz CT molecular complexity index is 306. The predicted octanol–water partition coefficient (Wildman–Crippen LogP) is 2.30. The highest BCUT2D eigenvalue weighted by molar-refractivity contribution is 7.99. The number of thioether (sulfide) groups is 1. The molecule has 2 N–H and O–H groups in total. The van der Waals surface area contributed by atoms with Crippen LogP contribution in [0.15, 0.2) is 4.52 Å². The van der Waals surface area contributed by atoms with Gasteiger partial charge in [-0.1, -0.05) is 19.0 Å². The molecule has 0 radical (unpaired) electrons. The van der Waals surface area contributed by atoms with Crippen molar-refractivity contribution in [3.05, 3.63) is 11.7 Å². The van der Waals surface area contributed by atoms with E-state index in [-0.39, 0.29) is 0 Å². The number of nitrogens with two attached hydrogens (primary N) is 1. The number of hydrogen-bond acceptors (Lipinski definition) is 5. The van der Waals surface area contributed by atoms with Crippen LogP contribution in [0.5, 0.6) is 0 Å². The van der Waals surface area contributed by atoms with Gasteiger partial charge < -0.3 is 10.3 Å². The molecule has 0 amide bonds. The van der Waals surface area contributed by atoms with Gasteiger partial charge in [-0.2, -0.15) is 4.98 Å². The van der Waals surface area contributed by atoms with E-state index in [9.17, 15) is 0 Å². The van der Waals surface area contributed by atoms with E-state index in [4.69, 9.17) is 10.3 Å². The molecule has 0 aliphatic rings. The van der Waals surface area contributed by atoms with Crippen molar-refractivity contribution < 1.29 is 4.52 Å². The summed E-state index contributed by atoms with van der Waals surface area (Å²) < 4.78 is 5.12. The van der Waals surface area contributed by atoms with Crippen molar-refractivity contribution in [2.45, 2.75) is 50.7 Å². The molecule has 0 aliphatic carbocycles. The Hall–Kier alpha value is -0.550. The molecule has 0 fully saturated rings. The third-order valence-electron chi connectivity index (χ3n) is 2.11. The fourth-order valence-electron chi connectivity index (χ4n) is 0.907. The lowest BCUT2D eigenvalue weighted by Gasteiger charge is -2.11. The first kappa shape index (κ1) is 12.5. The number of rotatable bonds is 5. The van der Waals surface area contributed by atoms with Crippen LogP contribution in [-0.4, -0.2) is 15.4 Å². The summed E-state index contributed by atoms with van der Waals surface area (Å²) in [5, 5.41) is 4.48. The lowest BCUT2D eigenvalue weighted by molar-refractivity contribution is 0.369. The summed E-state index contributed by atoms with van der Waals surface area (Å²) in [4.78, 5) is 4.26. The molecule has 5 heteroatoms. The Morgan fingerprint density at radius 3 is 2.67 bits per heavy atom. The molecule has 0 aromatic carbocycles. The smallest absolute Gasteiger partial charge is 0.236 e. The molecule has 1 rings (SSSR count). The van der Waals surface area contributed by atoms with Crippen molar-refractivity contribution in [1.82, 2.24) is 10.1 Å². The van der Waals surface area contributed by atoms with E-state index in [1.54, 1.807) is 0 Å². The van der Waals surface area contributed by atoms with Gasteiger partial charge in [0.2, 0.25) is 5.89 Å². The van der Waals surface area contributed by atoms with Crippen LogP contribution in [0.3, 0.4) is 0 Å². The highest BCUT2D eigenvalue weighted by atomic mass is 32.2. The Balaban J connectivity index is 2.54. The van der Waals surface area contributed by atoms with E-state index in [1.807, 2.05) is 25.6 Å². The molecule has 0 saturated carbocycles. The Morgan fingerprint density at radius 1 is 1.53 bits per heavy atom. The summed E-state index contributed by atoms with van der Waals surface area (Å²) in [6.45, 7) is 8.08. The third-order valence-corrected chi connectivity index (χ3v) is 3.43. The van der Waals surface area contributed by atoms with E-state index >= 15 is 0 Å². The maximum absolute atomic E-state index is 5.86. The zero-order valence-electron chi connectivity index (χ0n) is 9.78. The second-order valence-electron chi connectivity index (χ2n) is 4.26. The van der Waals surface area contributed by atoms with Crippen molar-refractivity contribution in [2.24, 2.45) is 5.73 Å². The zero-order valence-corrected chi connectivity index (χ0v) is 10.6. The summed E-state index contributed by atoms with van der Waals surface area (Å²) in [5.41, 5.74) is 5.34. The number of hydrogen-bond donors (Lipinski definition) is 1. The van der Waals surface area contributed by atoms with Gasteiger partial charge in [-0.15, -0.1) is 11.8 Å². The normalized spacial score (nSPS) is 14.2. The van der Waals surface area contributed by atoms with Crippen LogP contribution >= 0.6 is 11.8 Å². The Kier molecular flexibility index (Phi) is 4.16. The first-order valence-electron chi connectivity index (χ1n) is 5.17. The second kappa shape index (κ2) is 4.99. The Labute approximate surface area is 95.0 Å².